The SMILES string of the molecule is CC(C)(N)C(O)c1csc2ccccc12. The number of nitrogens with two attached hydrogens (primary N) is 1. The fourth-order valence-electron chi connectivity index (χ4n) is 1.61. The summed E-state index contributed by atoms with van der Waals surface area (Å²) in [5.74, 6) is 0. The number of hydrogen-bond acceptors (Lipinski definition) is 3. The van der Waals surface area contributed by atoms with E-state index in [1.54, 1.807) is 11.3 Å². The third-order valence-electron chi connectivity index (χ3n) is 2.51. The lowest BCUT2D eigenvalue weighted by Crippen LogP contribution is -2.39. The first-order chi connectivity index (χ1) is 7.00. The Morgan fingerprint density at radius 1 is 1.33 bits per heavy atom. The molecule has 2 nitrogen and oxygen atoms in total. The van der Waals surface area contributed by atoms with Crippen molar-refractivity contribution in [2.75, 3.05) is 0 Å². The van der Waals surface area contributed by atoms with Crippen LogP contribution in [0.2, 0.25) is 0 Å². The molecule has 0 saturated carbocycles. The smallest absolute Gasteiger partial charge is 0.0977 e. The van der Waals surface area contributed by atoms with Crippen molar-refractivity contribution in [1.82, 2.24) is 0 Å². The molecule has 3 heteroatoms. The predicted molar refractivity (Wildman–Crippen MR) is 65.1 cm³/mol. The molecule has 3 N–H and O–H groups in total. The number of aliphatic hydroxyl groups excluding tert-OH is 1. The number of thiophene rings is 1. The van der Waals surface area contributed by atoms with Crippen LogP contribution in [0, 0.1) is 0 Å². The van der Waals surface area contributed by atoms with Crippen molar-refractivity contribution in [3.8, 4) is 0 Å². The normalized spacial score (nSPS) is 14.4. The first-order valence-corrected chi connectivity index (χ1v) is 5.81. The second kappa shape index (κ2) is 3.59. The summed E-state index contributed by atoms with van der Waals surface area (Å²) in [6.07, 6.45) is -0.617. The molecule has 80 valence electrons. The molecule has 2 aromatic rings. The molecule has 1 aromatic heterocycles. The molecule has 0 amide bonds. The standard InChI is InChI=1S/C12H15NOS/c1-12(2,13)11(14)9-7-15-10-6-4-3-5-8(9)10/h3-7,11,14H,13H2,1-2H3. The highest BCUT2D eigenvalue weighted by Gasteiger charge is 2.26. The van der Waals surface area contributed by atoms with E-state index < -0.39 is 11.6 Å². The van der Waals surface area contributed by atoms with Gasteiger partial charge < -0.3 is 10.8 Å². The molecule has 0 saturated heterocycles. The lowest BCUT2D eigenvalue weighted by atomic mass is 9.92. The van der Waals surface area contributed by atoms with Crippen molar-refractivity contribution in [3.05, 3.63) is 35.2 Å². The fraction of sp³-hybridized carbons (Fsp3) is 0.333. The Morgan fingerprint density at radius 3 is 2.67 bits per heavy atom. The van der Waals surface area contributed by atoms with Crippen molar-refractivity contribution in [3.63, 3.8) is 0 Å². The zero-order chi connectivity index (χ0) is 11.1. The second-order valence-electron chi connectivity index (χ2n) is 4.41. The monoisotopic (exact) mass is 221 g/mol. The van der Waals surface area contributed by atoms with Crippen LogP contribution in [-0.2, 0) is 0 Å². The summed E-state index contributed by atoms with van der Waals surface area (Å²) in [6, 6.07) is 8.06. The molecule has 1 aromatic carbocycles. The Morgan fingerprint density at radius 2 is 2.00 bits per heavy atom. The summed E-state index contributed by atoms with van der Waals surface area (Å²) in [7, 11) is 0. The molecule has 1 unspecified atom stereocenters. The minimum Gasteiger partial charge on any atom is -0.386 e. The van der Waals surface area contributed by atoms with E-state index >= 15 is 0 Å². The third kappa shape index (κ3) is 1.91. The Balaban J connectivity index is 2.53. The van der Waals surface area contributed by atoms with E-state index in [9.17, 15) is 5.11 Å². The predicted octanol–water partition coefficient (Wildman–Crippen LogP) is 2.67. The average Bonchev–Trinajstić information content (AvgIpc) is 2.58. The lowest BCUT2D eigenvalue weighted by Gasteiger charge is -2.25. The highest BCUT2D eigenvalue weighted by atomic mass is 32.1. The summed E-state index contributed by atoms with van der Waals surface area (Å²) in [5.41, 5.74) is 6.24. The van der Waals surface area contributed by atoms with Crippen molar-refractivity contribution in [2.24, 2.45) is 5.73 Å². The van der Waals surface area contributed by atoms with E-state index in [2.05, 4.69) is 6.07 Å². The van der Waals surface area contributed by atoms with Crippen molar-refractivity contribution < 1.29 is 5.11 Å². The average molecular weight is 221 g/mol. The van der Waals surface area contributed by atoms with Gasteiger partial charge in [-0.05, 0) is 30.7 Å². The minimum absolute atomic E-state index is 0.607. The maximum atomic E-state index is 10.1. The largest absolute Gasteiger partial charge is 0.386 e. The molecule has 0 aliphatic rings. The Labute approximate surface area is 93.3 Å². The molecule has 1 atom stereocenters. The Hall–Kier alpha value is -0.900. The molecule has 1 heterocycles. The van der Waals surface area contributed by atoms with Gasteiger partial charge in [0.2, 0.25) is 0 Å². The highest BCUT2D eigenvalue weighted by molar-refractivity contribution is 7.17. The van der Waals surface area contributed by atoms with Gasteiger partial charge in [-0.15, -0.1) is 11.3 Å². The summed E-state index contributed by atoms with van der Waals surface area (Å²) in [5, 5.41) is 13.2. The highest BCUT2D eigenvalue weighted by Crippen LogP contribution is 2.33. The van der Waals surface area contributed by atoms with Crippen LogP contribution in [0.3, 0.4) is 0 Å². The van der Waals surface area contributed by atoms with Gasteiger partial charge in [0.05, 0.1) is 6.10 Å². The van der Waals surface area contributed by atoms with Gasteiger partial charge in [-0.3, -0.25) is 0 Å². The zero-order valence-corrected chi connectivity index (χ0v) is 9.71. The molecule has 0 radical (unpaired) electrons. The number of hydrogen-bond donors (Lipinski definition) is 2. The van der Waals surface area contributed by atoms with E-state index in [0.29, 0.717) is 0 Å². The van der Waals surface area contributed by atoms with Crippen LogP contribution in [0.15, 0.2) is 29.6 Å². The van der Waals surface area contributed by atoms with Crippen LogP contribution in [0.1, 0.15) is 25.5 Å². The van der Waals surface area contributed by atoms with Crippen molar-refractivity contribution >= 4 is 21.4 Å². The number of rotatable bonds is 2. The lowest BCUT2D eigenvalue weighted by molar-refractivity contribution is 0.106. The zero-order valence-electron chi connectivity index (χ0n) is 8.90. The molecule has 2 rings (SSSR count). The fourth-order valence-corrected chi connectivity index (χ4v) is 2.59. The van der Waals surface area contributed by atoms with E-state index in [-0.39, 0.29) is 0 Å². The number of benzene rings is 1. The van der Waals surface area contributed by atoms with Crippen LogP contribution in [0.25, 0.3) is 10.1 Å². The Kier molecular flexibility index (Phi) is 2.54. The van der Waals surface area contributed by atoms with Gasteiger partial charge in [0.15, 0.2) is 0 Å². The van der Waals surface area contributed by atoms with Gasteiger partial charge in [0, 0.05) is 15.8 Å². The molecule has 0 bridgehead atoms. The van der Waals surface area contributed by atoms with Crippen LogP contribution in [-0.4, -0.2) is 10.6 Å². The van der Waals surface area contributed by atoms with Gasteiger partial charge in [-0.2, -0.15) is 0 Å². The molecule has 15 heavy (non-hydrogen) atoms. The topological polar surface area (TPSA) is 46.2 Å². The van der Waals surface area contributed by atoms with Gasteiger partial charge in [-0.1, -0.05) is 18.2 Å². The van der Waals surface area contributed by atoms with Crippen molar-refractivity contribution in [2.45, 2.75) is 25.5 Å². The summed E-state index contributed by atoms with van der Waals surface area (Å²) < 4.78 is 1.19. The van der Waals surface area contributed by atoms with Crippen molar-refractivity contribution in [1.29, 1.82) is 0 Å². The minimum atomic E-state index is -0.617. The van der Waals surface area contributed by atoms with Gasteiger partial charge in [0.25, 0.3) is 0 Å². The van der Waals surface area contributed by atoms with Crippen LogP contribution in [0.4, 0.5) is 0 Å². The third-order valence-corrected chi connectivity index (χ3v) is 3.49. The second-order valence-corrected chi connectivity index (χ2v) is 5.32. The van der Waals surface area contributed by atoms with E-state index in [1.807, 2.05) is 37.4 Å². The summed E-state index contributed by atoms with van der Waals surface area (Å²) in [4.78, 5) is 0. The summed E-state index contributed by atoms with van der Waals surface area (Å²) >= 11 is 1.64. The van der Waals surface area contributed by atoms with E-state index in [0.717, 1.165) is 10.9 Å². The first kappa shape index (κ1) is 10.6. The van der Waals surface area contributed by atoms with E-state index in [1.165, 1.54) is 4.70 Å². The first-order valence-electron chi connectivity index (χ1n) is 4.93. The van der Waals surface area contributed by atoms with E-state index in [4.69, 9.17) is 5.73 Å². The summed E-state index contributed by atoms with van der Waals surface area (Å²) in [6.45, 7) is 3.67. The molecule has 0 fully saturated rings. The quantitative estimate of drug-likeness (QED) is 0.819. The van der Waals surface area contributed by atoms with Crippen LogP contribution in [0.5, 0.6) is 0 Å². The van der Waals surface area contributed by atoms with Gasteiger partial charge >= 0.3 is 0 Å². The Bertz CT molecular complexity index is 470. The molecule has 0 aliphatic carbocycles. The van der Waals surface area contributed by atoms with Gasteiger partial charge in [0.1, 0.15) is 0 Å². The molecular formula is C12H15NOS. The maximum Gasteiger partial charge on any atom is 0.0977 e. The molecule has 0 spiro atoms. The van der Waals surface area contributed by atoms with Crippen LogP contribution >= 0.6 is 11.3 Å². The number of aliphatic hydroxyl groups is 1. The molecular weight excluding hydrogens is 206 g/mol. The number of fused-ring (bicyclic) bond motifs is 1. The molecule has 0 aliphatic heterocycles. The van der Waals surface area contributed by atoms with Crippen LogP contribution < -0.4 is 5.73 Å². The van der Waals surface area contributed by atoms with Gasteiger partial charge in [-0.25, -0.2) is 0 Å². The maximum absolute atomic E-state index is 10.1.